The Hall–Kier alpha value is -3.71. The van der Waals surface area contributed by atoms with E-state index in [2.05, 4.69) is 10.6 Å². The van der Waals surface area contributed by atoms with Crippen LogP contribution in [0.25, 0.3) is 0 Å². The fraction of sp³-hybridized carbons (Fsp3) is 0.130. The van der Waals surface area contributed by atoms with E-state index >= 15 is 0 Å². The van der Waals surface area contributed by atoms with Crippen molar-refractivity contribution in [2.24, 2.45) is 0 Å². The fourth-order valence-corrected chi connectivity index (χ4v) is 3.06. The lowest BCUT2D eigenvalue weighted by atomic mass is 10.1. The van der Waals surface area contributed by atoms with Gasteiger partial charge in [0.05, 0.1) is 32.0 Å². The third kappa shape index (κ3) is 5.07. The zero-order chi connectivity index (χ0) is 22.4. The van der Waals surface area contributed by atoms with E-state index in [0.29, 0.717) is 44.8 Å². The van der Waals surface area contributed by atoms with Gasteiger partial charge in [-0.3, -0.25) is 9.59 Å². The number of para-hydroxylation sites is 1. The minimum absolute atomic E-state index is 0.310. The van der Waals surface area contributed by atoms with Gasteiger partial charge in [0, 0.05) is 16.8 Å². The molecule has 0 atom stereocenters. The molecule has 31 heavy (non-hydrogen) atoms. The van der Waals surface area contributed by atoms with Gasteiger partial charge >= 0.3 is 0 Å². The zero-order valence-electron chi connectivity index (χ0n) is 17.2. The number of anilines is 2. The van der Waals surface area contributed by atoms with Crippen molar-refractivity contribution in [2.75, 3.05) is 32.0 Å². The molecule has 2 N–H and O–H groups in total. The number of carbonyl (C=O) groups is 2. The van der Waals surface area contributed by atoms with Gasteiger partial charge in [-0.15, -0.1) is 0 Å². The van der Waals surface area contributed by atoms with Gasteiger partial charge in [0.25, 0.3) is 11.8 Å². The summed E-state index contributed by atoms with van der Waals surface area (Å²) in [6.45, 7) is 0. The molecular weight excluding hydrogens is 420 g/mol. The maximum Gasteiger partial charge on any atom is 0.255 e. The number of amides is 2. The molecule has 160 valence electrons. The molecule has 0 aliphatic heterocycles. The van der Waals surface area contributed by atoms with Crippen molar-refractivity contribution < 1.29 is 23.8 Å². The van der Waals surface area contributed by atoms with Crippen LogP contribution in [0.4, 0.5) is 11.4 Å². The van der Waals surface area contributed by atoms with E-state index in [1.807, 2.05) is 0 Å². The Morgan fingerprint density at radius 1 is 0.742 bits per heavy atom. The Kier molecular flexibility index (Phi) is 6.99. The largest absolute Gasteiger partial charge is 0.493 e. The second-order valence-electron chi connectivity index (χ2n) is 6.38. The average Bonchev–Trinajstić information content (AvgIpc) is 2.79. The lowest BCUT2D eigenvalue weighted by Gasteiger charge is -2.14. The lowest BCUT2D eigenvalue weighted by molar-refractivity contribution is 0.101. The number of ether oxygens (including phenoxy) is 3. The quantitative estimate of drug-likeness (QED) is 0.547. The molecule has 0 saturated heterocycles. The topological polar surface area (TPSA) is 85.9 Å². The number of halogens is 1. The minimum atomic E-state index is -0.368. The highest BCUT2D eigenvalue weighted by Crippen LogP contribution is 2.38. The van der Waals surface area contributed by atoms with Crippen LogP contribution in [0.2, 0.25) is 5.02 Å². The highest BCUT2D eigenvalue weighted by molar-refractivity contribution is 6.33. The maximum atomic E-state index is 12.7. The second-order valence-corrected chi connectivity index (χ2v) is 6.79. The van der Waals surface area contributed by atoms with Crippen molar-refractivity contribution in [3.63, 3.8) is 0 Å². The smallest absolute Gasteiger partial charge is 0.255 e. The Bertz CT molecular complexity index is 1070. The summed E-state index contributed by atoms with van der Waals surface area (Å²) in [6, 6.07) is 16.6. The SMILES string of the molecule is COc1cc(C(=O)Nc2ccc(C(=O)Nc3ccccc3Cl)cc2)cc(OC)c1OC. The van der Waals surface area contributed by atoms with Crippen molar-refractivity contribution >= 4 is 34.8 Å². The van der Waals surface area contributed by atoms with Crippen LogP contribution < -0.4 is 24.8 Å². The predicted molar refractivity (Wildman–Crippen MR) is 120 cm³/mol. The van der Waals surface area contributed by atoms with Crippen molar-refractivity contribution in [3.8, 4) is 17.2 Å². The first-order valence-corrected chi connectivity index (χ1v) is 9.62. The van der Waals surface area contributed by atoms with E-state index in [4.69, 9.17) is 25.8 Å². The minimum Gasteiger partial charge on any atom is -0.493 e. The van der Waals surface area contributed by atoms with Crippen molar-refractivity contribution in [3.05, 3.63) is 76.8 Å². The molecule has 3 aromatic rings. The Balaban J connectivity index is 1.73. The molecule has 7 nitrogen and oxygen atoms in total. The molecule has 0 bridgehead atoms. The van der Waals surface area contributed by atoms with Crippen LogP contribution >= 0.6 is 11.6 Å². The molecule has 0 aliphatic carbocycles. The molecule has 3 aromatic carbocycles. The van der Waals surface area contributed by atoms with Crippen LogP contribution in [-0.2, 0) is 0 Å². The Morgan fingerprint density at radius 2 is 1.32 bits per heavy atom. The van der Waals surface area contributed by atoms with Crippen LogP contribution in [0.1, 0.15) is 20.7 Å². The second kappa shape index (κ2) is 9.86. The Morgan fingerprint density at radius 3 is 1.87 bits per heavy atom. The summed E-state index contributed by atoms with van der Waals surface area (Å²) >= 11 is 6.07. The van der Waals surface area contributed by atoms with Gasteiger partial charge in [0.2, 0.25) is 5.75 Å². The number of rotatable bonds is 7. The molecule has 0 aliphatic rings. The van der Waals surface area contributed by atoms with Gasteiger partial charge in [-0.05, 0) is 48.5 Å². The molecule has 0 saturated carbocycles. The van der Waals surface area contributed by atoms with Gasteiger partial charge in [0.15, 0.2) is 11.5 Å². The molecule has 2 amide bonds. The molecule has 0 fully saturated rings. The predicted octanol–water partition coefficient (Wildman–Crippen LogP) is 4.87. The molecule has 8 heteroatoms. The van der Waals surface area contributed by atoms with Gasteiger partial charge in [0.1, 0.15) is 0 Å². The fourth-order valence-electron chi connectivity index (χ4n) is 2.88. The van der Waals surface area contributed by atoms with E-state index < -0.39 is 0 Å². The van der Waals surface area contributed by atoms with Crippen LogP contribution in [0.5, 0.6) is 17.2 Å². The molecule has 0 heterocycles. The first-order chi connectivity index (χ1) is 15.0. The molecule has 0 unspecified atom stereocenters. The molecule has 3 rings (SSSR count). The average molecular weight is 441 g/mol. The molecule has 0 radical (unpaired) electrons. The van der Waals surface area contributed by atoms with Gasteiger partial charge < -0.3 is 24.8 Å². The van der Waals surface area contributed by atoms with E-state index in [9.17, 15) is 9.59 Å². The van der Waals surface area contributed by atoms with Crippen LogP contribution in [0, 0.1) is 0 Å². The summed E-state index contributed by atoms with van der Waals surface area (Å²) in [5, 5.41) is 5.98. The maximum absolute atomic E-state index is 12.7. The van der Waals surface area contributed by atoms with Gasteiger partial charge in [-0.1, -0.05) is 23.7 Å². The van der Waals surface area contributed by atoms with E-state index in [-0.39, 0.29) is 11.8 Å². The van der Waals surface area contributed by atoms with Gasteiger partial charge in [-0.25, -0.2) is 0 Å². The first-order valence-electron chi connectivity index (χ1n) is 9.24. The number of benzene rings is 3. The number of hydrogen-bond acceptors (Lipinski definition) is 5. The van der Waals surface area contributed by atoms with Gasteiger partial charge in [-0.2, -0.15) is 0 Å². The number of carbonyl (C=O) groups excluding carboxylic acids is 2. The Labute approximate surface area is 184 Å². The highest BCUT2D eigenvalue weighted by Gasteiger charge is 2.17. The lowest BCUT2D eigenvalue weighted by Crippen LogP contribution is -2.14. The summed E-state index contributed by atoms with van der Waals surface area (Å²) in [5.74, 6) is 0.468. The van der Waals surface area contributed by atoms with E-state index in [0.717, 1.165) is 0 Å². The first kappa shape index (κ1) is 22.0. The number of methoxy groups -OCH3 is 3. The van der Waals surface area contributed by atoms with Crippen LogP contribution in [-0.4, -0.2) is 33.1 Å². The number of hydrogen-bond donors (Lipinski definition) is 2. The molecule has 0 spiro atoms. The van der Waals surface area contributed by atoms with Crippen molar-refractivity contribution in [1.29, 1.82) is 0 Å². The molecule has 0 aromatic heterocycles. The molecular formula is C23H21ClN2O5. The van der Waals surface area contributed by atoms with Crippen molar-refractivity contribution in [2.45, 2.75) is 0 Å². The number of nitrogens with one attached hydrogen (secondary N) is 2. The summed E-state index contributed by atoms with van der Waals surface area (Å²) in [7, 11) is 4.44. The van der Waals surface area contributed by atoms with Crippen LogP contribution in [0.15, 0.2) is 60.7 Å². The summed E-state index contributed by atoms with van der Waals surface area (Å²) < 4.78 is 15.8. The van der Waals surface area contributed by atoms with E-state index in [1.165, 1.54) is 21.3 Å². The highest BCUT2D eigenvalue weighted by atomic mass is 35.5. The van der Waals surface area contributed by atoms with E-state index in [1.54, 1.807) is 60.7 Å². The summed E-state index contributed by atoms with van der Waals surface area (Å²) in [5.41, 5.74) is 1.79. The third-order valence-electron chi connectivity index (χ3n) is 4.45. The third-order valence-corrected chi connectivity index (χ3v) is 4.78. The standard InChI is InChI=1S/C23H21ClN2O5/c1-29-19-12-15(13-20(30-2)21(19)31-3)23(28)25-16-10-8-14(9-11-16)22(27)26-18-7-5-4-6-17(18)24/h4-13H,1-3H3,(H,25,28)(H,26,27). The monoisotopic (exact) mass is 440 g/mol. The summed E-state index contributed by atoms with van der Waals surface area (Å²) in [4.78, 5) is 25.1. The van der Waals surface area contributed by atoms with Crippen LogP contribution in [0.3, 0.4) is 0 Å². The summed E-state index contributed by atoms with van der Waals surface area (Å²) in [6.07, 6.45) is 0. The zero-order valence-corrected chi connectivity index (χ0v) is 17.9. The van der Waals surface area contributed by atoms with Crippen molar-refractivity contribution in [1.82, 2.24) is 0 Å². The normalized spacial score (nSPS) is 10.2.